The molecule has 0 aromatic heterocycles. The molecule has 0 aliphatic heterocycles. The fourth-order valence-corrected chi connectivity index (χ4v) is 6.11. The minimum Gasteiger partial charge on any atom is -0.466 e. The van der Waals surface area contributed by atoms with E-state index >= 15 is 0 Å². The summed E-state index contributed by atoms with van der Waals surface area (Å²) in [7, 11) is 0. The van der Waals surface area contributed by atoms with Gasteiger partial charge in [0, 0.05) is 18.3 Å². The van der Waals surface area contributed by atoms with E-state index in [2.05, 4.69) is 26.8 Å². The Balaban J connectivity index is 1.98. The van der Waals surface area contributed by atoms with E-state index in [1.165, 1.54) is 39.0 Å². The van der Waals surface area contributed by atoms with E-state index in [4.69, 9.17) is 4.74 Å². The fraction of sp³-hybridized carbons (Fsp3) is 0.824. The lowest BCUT2D eigenvalue weighted by Crippen LogP contribution is -2.42. The van der Waals surface area contributed by atoms with Gasteiger partial charge in [-0.05, 0) is 43.4 Å². The molecule has 0 aromatic carbocycles. The van der Waals surface area contributed by atoms with Crippen LogP contribution in [0.3, 0.4) is 0 Å². The first-order chi connectivity index (χ1) is 8.86. The highest BCUT2D eigenvalue weighted by molar-refractivity contribution is 5.65. The number of carbonyl (C=O) groups is 1. The van der Waals surface area contributed by atoms with Crippen LogP contribution in [0.1, 0.15) is 59.8 Å². The molecule has 0 amide bonds. The number of hydrogen-bond acceptors (Lipinski definition) is 2. The monoisotopic (exact) mass is 262 g/mol. The Hall–Kier alpha value is -0.790. The minimum atomic E-state index is -0.134. The van der Waals surface area contributed by atoms with Gasteiger partial charge < -0.3 is 4.74 Å². The molecule has 19 heavy (non-hydrogen) atoms. The molecule has 2 nitrogen and oxygen atoms in total. The Kier molecular flexibility index (Phi) is 2.69. The van der Waals surface area contributed by atoms with Crippen molar-refractivity contribution in [1.82, 2.24) is 0 Å². The van der Waals surface area contributed by atoms with Crippen LogP contribution in [0.15, 0.2) is 11.6 Å². The predicted octanol–water partition coefficient (Wildman–Crippen LogP) is 4.10. The van der Waals surface area contributed by atoms with Crippen LogP contribution < -0.4 is 0 Å². The molecule has 0 saturated heterocycles. The zero-order valence-corrected chi connectivity index (χ0v) is 12.7. The number of esters is 1. The predicted molar refractivity (Wildman–Crippen MR) is 75.6 cm³/mol. The average molecular weight is 262 g/mol. The van der Waals surface area contributed by atoms with Gasteiger partial charge in [0.1, 0.15) is 0 Å². The quantitative estimate of drug-likeness (QED) is 0.553. The second kappa shape index (κ2) is 3.86. The van der Waals surface area contributed by atoms with Crippen LogP contribution in [-0.4, -0.2) is 12.6 Å². The Morgan fingerprint density at radius 1 is 1.37 bits per heavy atom. The molecular weight excluding hydrogens is 236 g/mol. The van der Waals surface area contributed by atoms with Crippen LogP contribution in [0.2, 0.25) is 0 Å². The summed E-state index contributed by atoms with van der Waals surface area (Å²) in [6, 6.07) is 0. The maximum absolute atomic E-state index is 11.2. The highest BCUT2D eigenvalue weighted by Gasteiger charge is 2.70. The molecule has 0 spiro atoms. The highest BCUT2D eigenvalue weighted by Crippen LogP contribution is 2.78. The van der Waals surface area contributed by atoms with Gasteiger partial charge in [0.25, 0.3) is 0 Å². The van der Waals surface area contributed by atoms with Crippen molar-refractivity contribution >= 4 is 5.97 Å². The summed E-state index contributed by atoms with van der Waals surface area (Å²) in [6.07, 6.45) is 9.04. The van der Waals surface area contributed by atoms with Crippen molar-refractivity contribution in [3.8, 4) is 0 Å². The number of allylic oxidation sites excluding steroid dienone is 2. The Labute approximate surface area is 116 Å². The molecule has 0 bridgehead atoms. The lowest BCUT2D eigenvalue weighted by Gasteiger charge is -2.47. The smallest absolute Gasteiger partial charge is 0.302 e. The SMILES string of the molecule is CC(=O)OC[C@@H]1CCC23CCCC12C(C)=CC3(C)C. The van der Waals surface area contributed by atoms with Crippen molar-refractivity contribution in [2.75, 3.05) is 6.61 Å². The third kappa shape index (κ3) is 1.41. The van der Waals surface area contributed by atoms with Crippen LogP contribution in [-0.2, 0) is 9.53 Å². The lowest BCUT2D eigenvalue weighted by molar-refractivity contribution is -0.143. The maximum atomic E-state index is 11.2. The van der Waals surface area contributed by atoms with Crippen LogP contribution in [0.5, 0.6) is 0 Å². The standard InChI is InChI=1S/C17H26O2/c1-12-10-15(3,4)16-7-5-8-17(12,16)14(6-9-16)11-19-13(2)18/h10,14H,5-9,11H2,1-4H3/t14-,16?,17?/m0/s1. The van der Waals surface area contributed by atoms with Gasteiger partial charge in [-0.15, -0.1) is 0 Å². The van der Waals surface area contributed by atoms with Gasteiger partial charge in [-0.25, -0.2) is 0 Å². The highest BCUT2D eigenvalue weighted by atomic mass is 16.5. The minimum absolute atomic E-state index is 0.134. The van der Waals surface area contributed by atoms with Crippen molar-refractivity contribution in [2.45, 2.75) is 59.8 Å². The Morgan fingerprint density at radius 2 is 2.11 bits per heavy atom. The number of ether oxygens (including phenoxy) is 1. The van der Waals surface area contributed by atoms with Gasteiger partial charge in [0.15, 0.2) is 0 Å². The molecule has 0 heterocycles. The molecular formula is C17H26O2. The van der Waals surface area contributed by atoms with Gasteiger partial charge in [-0.3, -0.25) is 4.79 Å². The van der Waals surface area contributed by atoms with Crippen LogP contribution >= 0.6 is 0 Å². The summed E-state index contributed by atoms with van der Waals surface area (Å²) in [5, 5.41) is 0. The zero-order chi connectivity index (χ0) is 13.9. The van der Waals surface area contributed by atoms with Crippen molar-refractivity contribution in [3.63, 3.8) is 0 Å². The van der Waals surface area contributed by atoms with E-state index in [1.54, 1.807) is 5.57 Å². The van der Waals surface area contributed by atoms with E-state index in [-0.39, 0.29) is 5.97 Å². The summed E-state index contributed by atoms with van der Waals surface area (Å²) in [6.45, 7) is 9.30. The largest absolute Gasteiger partial charge is 0.466 e. The van der Waals surface area contributed by atoms with Crippen molar-refractivity contribution in [2.24, 2.45) is 22.2 Å². The topological polar surface area (TPSA) is 26.3 Å². The summed E-state index contributed by atoms with van der Waals surface area (Å²) in [5.41, 5.74) is 2.64. The lowest BCUT2D eigenvalue weighted by atomic mass is 9.57. The third-order valence-corrected chi connectivity index (χ3v) is 6.65. The summed E-state index contributed by atoms with van der Waals surface area (Å²) in [4.78, 5) is 11.2. The summed E-state index contributed by atoms with van der Waals surface area (Å²) >= 11 is 0. The summed E-state index contributed by atoms with van der Waals surface area (Å²) in [5.74, 6) is 0.405. The number of rotatable bonds is 2. The Morgan fingerprint density at radius 3 is 2.79 bits per heavy atom. The molecule has 3 rings (SSSR count). The molecule has 0 aromatic rings. The van der Waals surface area contributed by atoms with Gasteiger partial charge in [-0.2, -0.15) is 0 Å². The van der Waals surface area contributed by atoms with E-state index in [1.807, 2.05) is 0 Å². The molecule has 2 unspecified atom stereocenters. The molecule has 0 radical (unpaired) electrons. The Bertz CT molecular complexity index is 448. The number of carbonyl (C=O) groups excluding carboxylic acids is 1. The first-order valence-corrected chi connectivity index (χ1v) is 7.69. The molecule has 3 atom stereocenters. The molecule has 3 aliphatic carbocycles. The fourth-order valence-electron chi connectivity index (χ4n) is 6.11. The van der Waals surface area contributed by atoms with Gasteiger partial charge in [-0.1, -0.05) is 31.9 Å². The molecule has 3 aliphatic rings. The molecule has 106 valence electrons. The van der Waals surface area contributed by atoms with Crippen molar-refractivity contribution < 1.29 is 9.53 Å². The molecule has 2 saturated carbocycles. The molecule has 2 heteroatoms. The van der Waals surface area contributed by atoms with Crippen LogP contribution in [0.25, 0.3) is 0 Å². The second-order valence-corrected chi connectivity index (χ2v) is 7.49. The van der Waals surface area contributed by atoms with E-state index < -0.39 is 0 Å². The van der Waals surface area contributed by atoms with E-state index in [9.17, 15) is 4.79 Å². The molecule has 0 N–H and O–H groups in total. The average Bonchev–Trinajstić information content (AvgIpc) is 2.85. The third-order valence-electron chi connectivity index (χ3n) is 6.65. The number of hydrogen-bond donors (Lipinski definition) is 0. The van der Waals surface area contributed by atoms with Crippen molar-refractivity contribution in [1.29, 1.82) is 0 Å². The normalized spacial score (nSPS) is 42.7. The first kappa shape index (κ1) is 13.2. The summed E-state index contributed by atoms with van der Waals surface area (Å²) < 4.78 is 5.38. The van der Waals surface area contributed by atoms with Crippen LogP contribution in [0.4, 0.5) is 0 Å². The van der Waals surface area contributed by atoms with Gasteiger partial charge in [0.05, 0.1) is 6.61 Å². The second-order valence-electron chi connectivity index (χ2n) is 7.49. The zero-order valence-electron chi connectivity index (χ0n) is 12.7. The molecule has 2 fully saturated rings. The van der Waals surface area contributed by atoms with Gasteiger partial charge >= 0.3 is 5.97 Å². The van der Waals surface area contributed by atoms with E-state index in [0.717, 1.165) is 0 Å². The van der Waals surface area contributed by atoms with Crippen LogP contribution in [0, 0.1) is 22.2 Å². The van der Waals surface area contributed by atoms with Crippen molar-refractivity contribution in [3.05, 3.63) is 11.6 Å². The first-order valence-electron chi connectivity index (χ1n) is 7.69. The maximum Gasteiger partial charge on any atom is 0.302 e. The van der Waals surface area contributed by atoms with E-state index in [0.29, 0.717) is 28.8 Å². The van der Waals surface area contributed by atoms with Gasteiger partial charge in [0.2, 0.25) is 0 Å².